The number of aliphatic hydroxyl groups excluding tert-OH is 2. The molecule has 0 aliphatic heterocycles. The van der Waals surface area contributed by atoms with E-state index in [0.717, 1.165) is 25.7 Å². The van der Waals surface area contributed by atoms with Crippen molar-refractivity contribution < 1.29 is 10.2 Å². The molecular weight excluding hydrogens is 216 g/mol. The van der Waals surface area contributed by atoms with Crippen LogP contribution in [0, 0.1) is 0 Å². The third kappa shape index (κ3) is 1.94. The highest BCUT2D eigenvalue weighted by Gasteiger charge is 2.43. The van der Waals surface area contributed by atoms with Crippen LogP contribution in [0.3, 0.4) is 0 Å². The van der Waals surface area contributed by atoms with Crippen LogP contribution in [0.4, 0.5) is 0 Å². The molecule has 0 bridgehead atoms. The monoisotopic (exact) mass is 234 g/mol. The largest absolute Gasteiger partial charge is 0.395 e. The van der Waals surface area contributed by atoms with Crippen LogP contribution < -0.4 is 0 Å². The molecule has 0 aromatic heterocycles. The lowest BCUT2D eigenvalue weighted by Gasteiger charge is -2.45. The maximum absolute atomic E-state index is 9.30. The third-order valence-corrected chi connectivity index (χ3v) is 7.74. The molecular formula is C10H18O2S2. The van der Waals surface area contributed by atoms with Crippen molar-refractivity contribution in [2.45, 2.75) is 48.0 Å². The maximum Gasteiger partial charge on any atom is 0.0586 e. The lowest BCUT2D eigenvalue weighted by Crippen LogP contribution is -2.40. The SMILES string of the molecule is OCC1(SSC2(CO)CCC2)CCC1. The van der Waals surface area contributed by atoms with Gasteiger partial charge in [-0.05, 0) is 25.7 Å². The number of hydrogen-bond donors (Lipinski definition) is 2. The molecule has 0 radical (unpaired) electrons. The Labute approximate surface area is 93.2 Å². The van der Waals surface area contributed by atoms with Crippen LogP contribution in [0.25, 0.3) is 0 Å². The summed E-state index contributed by atoms with van der Waals surface area (Å²) < 4.78 is 0.255. The highest BCUT2D eigenvalue weighted by Crippen LogP contribution is 2.57. The summed E-state index contributed by atoms with van der Waals surface area (Å²) in [6.45, 7) is 0.596. The Kier molecular flexibility index (Phi) is 3.37. The predicted molar refractivity (Wildman–Crippen MR) is 62.5 cm³/mol. The van der Waals surface area contributed by atoms with Gasteiger partial charge in [-0.2, -0.15) is 0 Å². The lowest BCUT2D eigenvalue weighted by atomic mass is 9.85. The number of rotatable bonds is 5. The summed E-state index contributed by atoms with van der Waals surface area (Å²) in [6, 6.07) is 0. The second-order valence-electron chi connectivity index (χ2n) is 4.56. The molecule has 2 fully saturated rings. The van der Waals surface area contributed by atoms with E-state index in [1.54, 1.807) is 0 Å². The van der Waals surface area contributed by atoms with Crippen molar-refractivity contribution in [2.75, 3.05) is 13.2 Å². The van der Waals surface area contributed by atoms with Gasteiger partial charge in [0.15, 0.2) is 0 Å². The summed E-state index contributed by atoms with van der Waals surface area (Å²) in [5, 5.41) is 18.6. The van der Waals surface area contributed by atoms with E-state index < -0.39 is 0 Å². The van der Waals surface area contributed by atoms with Gasteiger partial charge in [0.25, 0.3) is 0 Å². The fourth-order valence-corrected chi connectivity index (χ4v) is 5.60. The molecule has 0 aromatic rings. The molecule has 2 N–H and O–H groups in total. The highest BCUT2D eigenvalue weighted by molar-refractivity contribution is 8.77. The van der Waals surface area contributed by atoms with Crippen LogP contribution in [0.2, 0.25) is 0 Å². The standard InChI is InChI=1S/C10H18O2S2/c11-7-9(3-1-4-9)13-14-10(8-12)5-2-6-10/h11-12H,1-8H2. The van der Waals surface area contributed by atoms with Gasteiger partial charge in [-0.25, -0.2) is 0 Å². The molecule has 4 heteroatoms. The van der Waals surface area contributed by atoms with Gasteiger partial charge < -0.3 is 10.2 Å². The third-order valence-electron chi connectivity index (χ3n) is 3.50. The van der Waals surface area contributed by atoms with E-state index in [1.807, 2.05) is 21.6 Å². The summed E-state index contributed by atoms with van der Waals surface area (Å²) >= 11 is 0. The Morgan fingerprint density at radius 2 is 1.14 bits per heavy atom. The molecule has 0 unspecified atom stereocenters. The topological polar surface area (TPSA) is 40.5 Å². The molecule has 2 aliphatic carbocycles. The van der Waals surface area contributed by atoms with Gasteiger partial charge in [-0.3, -0.25) is 0 Å². The minimum Gasteiger partial charge on any atom is -0.395 e. The molecule has 82 valence electrons. The maximum atomic E-state index is 9.30. The lowest BCUT2D eigenvalue weighted by molar-refractivity contribution is 0.189. The number of aliphatic hydroxyl groups is 2. The van der Waals surface area contributed by atoms with Gasteiger partial charge in [0.2, 0.25) is 0 Å². The van der Waals surface area contributed by atoms with Gasteiger partial charge in [-0.1, -0.05) is 34.4 Å². The zero-order valence-corrected chi connectivity index (χ0v) is 10.0. The summed E-state index contributed by atoms with van der Waals surface area (Å²) in [5.74, 6) is 0. The number of hydrogen-bond acceptors (Lipinski definition) is 4. The van der Waals surface area contributed by atoms with Crippen molar-refractivity contribution >= 4 is 21.6 Å². The smallest absolute Gasteiger partial charge is 0.0586 e. The van der Waals surface area contributed by atoms with Crippen LogP contribution in [-0.4, -0.2) is 32.9 Å². The first-order chi connectivity index (χ1) is 6.74. The van der Waals surface area contributed by atoms with Gasteiger partial charge in [-0.15, -0.1) is 0 Å². The van der Waals surface area contributed by atoms with Gasteiger partial charge >= 0.3 is 0 Å². The Hall–Kier alpha value is 0.620. The fourth-order valence-electron chi connectivity index (χ4n) is 1.85. The van der Waals surface area contributed by atoms with Gasteiger partial charge in [0.1, 0.15) is 0 Å². The summed E-state index contributed by atoms with van der Waals surface area (Å²) in [4.78, 5) is 0. The van der Waals surface area contributed by atoms with E-state index in [-0.39, 0.29) is 9.49 Å². The first-order valence-electron chi connectivity index (χ1n) is 5.33. The quantitative estimate of drug-likeness (QED) is 0.716. The van der Waals surface area contributed by atoms with Crippen LogP contribution in [0.1, 0.15) is 38.5 Å². The van der Waals surface area contributed by atoms with Crippen molar-refractivity contribution in [3.63, 3.8) is 0 Å². The molecule has 0 spiro atoms. The second kappa shape index (κ2) is 4.24. The fraction of sp³-hybridized carbons (Fsp3) is 1.00. The summed E-state index contributed by atoms with van der Waals surface area (Å²) in [5.41, 5.74) is 0. The second-order valence-corrected chi connectivity index (χ2v) is 7.62. The first kappa shape index (κ1) is 11.1. The van der Waals surface area contributed by atoms with Crippen LogP contribution in [0.15, 0.2) is 0 Å². The molecule has 2 rings (SSSR count). The van der Waals surface area contributed by atoms with Crippen molar-refractivity contribution in [1.29, 1.82) is 0 Å². The highest BCUT2D eigenvalue weighted by atomic mass is 33.1. The van der Waals surface area contributed by atoms with E-state index >= 15 is 0 Å². The van der Waals surface area contributed by atoms with Crippen molar-refractivity contribution in [3.8, 4) is 0 Å². The van der Waals surface area contributed by atoms with Gasteiger partial charge in [0, 0.05) is 9.49 Å². The summed E-state index contributed by atoms with van der Waals surface area (Å²) in [6.07, 6.45) is 7.07. The minimum absolute atomic E-state index is 0.127. The van der Waals surface area contributed by atoms with E-state index in [9.17, 15) is 10.2 Å². The zero-order chi connectivity index (χ0) is 10.1. The van der Waals surface area contributed by atoms with Crippen molar-refractivity contribution in [1.82, 2.24) is 0 Å². The molecule has 0 amide bonds. The molecule has 2 aliphatic rings. The van der Waals surface area contributed by atoms with Crippen LogP contribution in [0.5, 0.6) is 0 Å². The van der Waals surface area contributed by atoms with E-state index in [1.165, 1.54) is 12.8 Å². The Balaban J connectivity index is 1.80. The van der Waals surface area contributed by atoms with Crippen LogP contribution in [-0.2, 0) is 0 Å². The van der Waals surface area contributed by atoms with E-state index in [4.69, 9.17) is 0 Å². The van der Waals surface area contributed by atoms with E-state index in [2.05, 4.69) is 0 Å². The Bertz CT molecular complexity index is 167. The predicted octanol–water partition coefficient (Wildman–Crippen LogP) is 2.20. The molecule has 0 saturated heterocycles. The van der Waals surface area contributed by atoms with Crippen LogP contribution >= 0.6 is 21.6 Å². The first-order valence-corrected chi connectivity index (χ1v) is 7.48. The molecule has 0 aromatic carbocycles. The Morgan fingerprint density at radius 3 is 1.29 bits per heavy atom. The molecule has 14 heavy (non-hydrogen) atoms. The summed E-state index contributed by atoms with van der Waals surface area (Å²) in [7, 11) is 3.65. The average molecular weight is 234 g/mol. The van der Waals surface area contributed by atoms with Gasteiger partial charge in [0.05, 0.1) is 13.2 Å². The molecule has 2 saturated carbocycles. The van der Waals surface area contributed by atoms with Crippen molar-refractivity contribution in [3.05, 3.63) is 0 Å². The zero-order valence-electron chi connectivity index (χ0n) is 8.37. The minimum atomic E-state index is 0.127. The normalized spacial score (nSPS) is 27.9. The molecule has 0 heterocycles. The average Bonchev–Trinajstić information content (AvgIpc) is 2.07. The molecule has 2 nitrogen and oxygen atoms in total. The molecule has 0 atom stereocenters. The Morgan fingerprint density at radius 1 is 0.786 bits per heavy atom. The van der Waals surface area contributed by atoms with E-state index in [0.29, 0.717) is 13.2 Å². The van der Waals surface area contributed by atoms with Crippen molar-refractivity contribution in [2.24, 2.45) is 0 Å².